The van der Waals surface area contributed by atoms with E-state index in [0.717, 1.165) is 30.1 Å². The van der Waals surface area contributed by atoms with Crippen LogP contribution >= 0.6 is 0 Å². The number of rotatable bonds is 4. The highest BCUT2D eigenvalue weighted by Crippen LogP contribution is 2.28. The smallest absolute Gasteiger partial charge is 0.290 e. The van der Waals surface area contributed by atoms with Gasteiger partial charge in [-0.15, -0.1) is 0 Å². The first-order valence-electron chi connectivity index (χ1n) is 8.28. The van der Waals surface area contributed by atoms with Crippen molar-refractivity contribution in [2.45, 2.75) is 39.4 Å². The van der Waals surface area contributed by atoms with E-state index in [4.69, 9.17) is 4.42 Å². The minimum absolute atomic E-state index is 0.110. The molecule has 1 aliphatic heterocycles. The molecule has 2 aromatic heterocycles. The van der Waals surface area contributed by atoms with Gasteiger partial charge in [-0.25, -0.2) is 4.98 Å². The molecule has 7 heteroatoms. The van der Waals surface area contributed by atoms with E-state index in [-0.39, 0.29) is 17.7 Å². The van der Waals surface area contributed by atoms with Gasteiger partial charge in [0.1, 0.15) is 11.6 Å². The van der Waals surface area contributed by atoms with Crippen molar-refractivity contribution in [1.82, 2.24) is 19.8 Å². The number of imidazole rings is 1. The molecule has 2 amide bonds. The van der Waals surface area contributed by atoms with Gasteiger partial charge in [-0.1, -0.05) is 0 Å². The van der Waals surface area contributed by atoms with Crippen molar-refractivity contribution in [1.29, 1.82) is 0 Å². The van der Waals surface area contributed by atoms with Crippen LogP contribution in [0.2, 0.25) is 0 Å². The van der Waals surface area contributed by atoms with E-state index in [2.05, 4.69) is 14.9 Å². The maximum atomic E-state index is 12.5. The summed E-state index contributed by atoms with van der Waals surface area (Å²) in [6, 6.07) is 3.50. The molecule has 126 valence electrons. The molecule has 2 aliphatic rings. The Hall–Kier alpha value is -2.57. The van der Waals surface area contributed by atoms with E-state index in [0.29, 0.717) is 31.9 Å². The van der Waals surface area contributed by atoms with Crippen molar-refractivity contribution < 1.29 is 14.0 Å². The fourth-order valence-corrected chi connectivity index (χ4v) is 3.01. The highest BCUT2D eigenvalue weighted by Gasteiger charge is 2.30. The zero-order chi connectivity index (χ0) is 16.7. The van der Waals surface area contributed by atoms with Gasteiger partial charge >= 0.3 is 0 Å². The van der Waals surface area contributed by atoms with Gasteiger partial charge in [-0.3, -0.25) is 9.59 Å². The molecule has 0 bridgehead atoms. The van der Waals surface area contributed by atoms with Crippen molar-refractivity contribution in [3.05, 3.63) is 41.4 Å². The Labute approximate surface area is 139 Å². The Morgan fingerprint density at radius 1 is 1.33 bits per heavy atom. The zero-order valence-corrected chi connectivity index (χ0v) is 13.6. The van der Waals surface area contributed by atoms with E-state index in [1.54, 1.807) is 23.2 Å². The molecule has 3 heterocycles. The van der Waals surface area contributed by atoms with Gasteiger partial charge in [-0.2, -0.15) is 0 Å². The minimum Gasteiger partial charge on any atom is -0.456 e. The van der Waals surface area contributed by atoms with Crippen molar-refractivity contribution in [3.63, 3.8) is 0 Å². The number of amides is 2. The van der Waals surface area contributed by atoms with Crippen molar-refractivity contribution in [2.24, 2.45) is 5.92 Å². The highest BCUT2D eigenvalue weighted by molar-refractivity contribution is 5.91. The molecule has 1 N–H and O–H groups in total. The lowest BCUT2D eigenvalue weighted by atomic mass is 10.3. The number of aryl methyl sites for hydroxylation is 1. The summed E-state index contributed by atoms with van der Waals surface area (Å²) in [5.41, 5.74) is 0.986. The van der Waals surface area contributed by atoms with Gasteiger partial charge in [0.25, 0.3) is 5.91 Å². The SMILES string of the molecule is Cc1ccc(C(=O)N2CCn3c(CNC(=O)C4CC4)cnc3C2)o1. The molecule has 0 unspecified atom stereocenters. The molecule has 4 rings (SSSR count). The quantitative estimate of drug-likeness (QED) is 0.921. The number of nitrogens with one attached hydrogen (secondary N) is 1. The molecule has 1 saturated carbocycles. The molecule has 0 saturated heterocycles. The highest BCUT2D eigenvalue weighted by atomic mass is 16.3. The van der Waals surface area contributed by atoms with Gasteiger partial charge < -0.3 is 19.2 Å². The number of carbonyl (C=O) groups is 2. The van der Waals surface area contributed by atoms with Crippen LogP contribution in [0.15, 0.2) is 22.7 Å². The second-order valence-electron chi connectivity index (χ2n) is 6.45. The first-order valence-corrected chi connectivity index (χ1v) is 8.28. The molecular formula is C17H20N4O3. The van der Waals surface area contributed by atoms with Crippen LogP contribution in [0.3, 0.4) is 0 Å². The first-order chi connectivity index (χ1) is 11.6. The summed E-state index contributed by atoms with van der Waals surface area (Å²) in [5.74, 6) is 2.16. The lowest BCUT2D eigenvalue weighted by Gasteiger charge is -2.28. The minimum atomic E-state index is -0.110. The standard InChI is InChI=1S/C17H20N4O3/c1-11-2-5-14(24-11)17(23)20-6-7-21-13(8-18-15(21)10-20)9-19-16(22)12-3-4-12/h2,5,8,12H,3-4,6-7,9-10H2,1H3,(H,19,22). The lowest BCUT2D eigenvalue weighted by Crippen LogP contribution is -2.39. The molecule has 7 nitrogen and oxygen atoms in total. The molecule has 24 heavy (non-hydrogen) atoms. The fraction of sp³-hybridized carbons (Fsp3) is 0.471. The summed E-state index contributed by atoms with van der Waals surface area (Å²) in [6.07, 6.45) is 3.78. The van der Waals surface area contributed by atoms with E-state index < -0.39 is 0 Å². The number of fused-ring (bicyclic) bond motifs is 1. The first kappa shape index (κ1) is 15.0. The number of hydrogen-bond acceptors (Lipinski definition) is 4. The van der Waals surface area contributed by atoms with Crippen molar-refractivity contribution in [3.8, 4) is 0 Å². The Morgan fingerprint density at radius 3 is 2.88 bits per heavy atom. The van der Waals surface area contributed by atoms with Crippen LogP contribution in [0, 0.1) is 12.8 Å². The number of aromatic nitrogens is 2. The molecule has 0 radical (unpaired) electrons. The van der Waals surface area contributed by atoms with Gasteiger partial charge in [0.2, 0.25) is 5.91 Å². The third-order valence-corrected chi connectivity index (χ3v) is 4.58. The van der Waals surface area contributed by atoms with Gasteiger partial charge in [0.15, 0.2) is 5.76 Å². The maximum absolute atomic E-state index is 12.5. The monoisotopic (exact) mass is 328 g/mol. The summed E-state index contributed by atoms with van der Waals surface area (Å²) < 4.78 is 7.51. The Kier molecular flexibility index (Phi) is 3.63. The predicted molar refractivity (Wildman–Crippen MR) is 85.0 cm³/mol. The van der Waals surface area contributed by atoms with Crippen molar-refractivity contribution >= 4 is 11.8 Å². The molecule has 2 aromatic rings. The second-order valence-corrected chi connectivity index (χ2v) is 6.45. The average molecular weight is 328 g/mol. The maximum Gasteiger partial charge on any atom is 0.290 e. The summed E-state index contributed by atoms with van der Waals surface area (Å²) in [5, 5.41) is 2.96. The molecule has 0 aromatic carbocycles. The molecule has 1 fully saturated rings. The van der Waals surface area contributed by atoms with Crippen LogP contribution < -0.4 is 5.32 Å². The number of nitrogens with zero attached hydrogens (tertiary/aromatic N) is 3. The summed E-state index contributed by atoms with van der Waals surface area (Å²) in [4.78, 5) is 30.4. The van der Waals surface area contributed by atoms with Crippen molar-refractivity contribution in [2.75, 3.05) is 6.54 Å². The van der Waals surface area contributed by atoms with E-state index >= 15 is 0 Å². The molecule has 0 atom stereocenters. The predicted octanol–water partition coefficient (Wildman–Crippen LogP) is 1.47. The van der Waals surface area contributed by atoms with E-state index in [9.17, 15) is 9.59 Å². The van der Waals surface area contributed by atoms with Gasteiger partial charge in [0.05, 0.1) is 25.0 Å². The third kappa shape index (κ3) is 2.81. The fourth-order valence-electron chi connectivity index (χ4n) is 3.01. The zero-order valence-electron chi connectivity index (χ0n) is 13.6. The normalized spacial score (nSPS) is 16.8. The number of hydrogen-bond donors (Lipinski definition) is 1. The number of furan rings is 1. The Morgan fingerprint density at radius 2 is 2.17 bits per heavy atom. The van der Waals surface area contributed by atoms with Gasteiger partial charge in [-0.05, 0) is 31.9 Å². The summed E-state index contributed by atoms with van der Waals surface area (Å²) >= 11 is 0. The summed E-state index contributed by atoms with van der Waals surface area (Å²) in [7, 11) is 0. The molecule has 0 spiro atoms. The van der Waals surface area contributed by atoms with Crippen LogP contribution in [0.25, 0.3) is 0 Å². The van der Waals surface area contributed by atoms with Crippen LogP contribution in [-0.2, 0) is 24.4 Å². The third-order valence-electron chi connectivity index (χ3n) is 4.58. The number of carbonyl (C=O) groups excluding carboxylic acids is 2. The van der Waals surface area contributed by atoms with Crippen LogP contribution in [0.1, 0.15) is 40.7 Å². The molecule has 1 aliphatic carbocycles. The van der Waals surface area contributed by atoms with E-state index in [1.807, 2.05) is 6.92 Å². The van der Waals surface area contributed by atoms with Crippen LogP contribution in [0.5, 0.6) is 0 Å². The topological polar surface area (TPSA) is 80.4 Å². The average Bonchev–Trinajstić information content (AvgIpc) is 3.23. The second kappa shape index (κ2) is 5.81. The summed E-state index contributed by atoms with van der Waals surface area (Å²) in [6.45, 7) is 4.05. The largest absolute Gasteiger partial charge is 0.456 e. The Bertz CT molecular complexity index is 788. The lowest BCUT2D eigenvalue weighted by molar-refractivity contribution is -0.122. The Balaban J connectivity index is 1.42. The van der Waals surface area contributed by atoms with Gasteiger partial charge in [0, 0.05) is 19.0 Å². The van der Waals surface area contributed by atoms with Crippen LogP contribution in [0.4, 0.5) is 0 Å². The molecular weight excluding hydrogens is 308 g/mol. The van der Waals surface area contributed by atoms with E-state index in [1.165, 1.54) is 0 Å². The van der Waals surface area contributed by atoms with Crippen LogP contribution in [-0.4, -0.2) is 32.8 Å².